The van der Waals surface area contributed by atoms with Gasteiger partial charge in [-0.1, -0.05) is 25.3 Å². The van der Waals surface area contributed by atoms with Crippen LogP contribution in [0.25, 0.3) is 0 Å². The molecule has 0 aromatic heterocycles. The van der Waals surface area contributed by atoms with E-state index in [1.165, 1.54) is 42.4 Å². The molecule has 2 atom stereocenters. The molecule has 1 fully saturated rings. The van der Waals surface area contributed by atoms with Crippen LogP contribution in [0.3, 0.4) is 0 Å². The van der Waals surface area contributed by atoms with Gasteiger partial charge in [-0.25, -0.2) is 14.4 Å². The molecule has 1 heterocycles. The van der Waals surface area contributed by atoms with E-state index in [9.17, 15) is 24.0 Å². The number of amides is 2. The van der Waals surface area contributed by atoms with Crippen molar-refractivity contribution in [1.29, 1.82) is 0 Å². The quantitative estimate of drug-likeness (QED) is 0.222. The van der Waals surface area contributed by atoms with Crippen molar-refractivity contribution in [2.45, 2.75) is 18.9 Å². The molecule has 1 N–H and O–H groups in total. The summed E-state index contributed by atoms with van der Waals surface area (Å²) >= 11 is 3.79. The number of hydrogen-bond acceptors (Lipinski definition) is 8. The molecular weight excluding hydrogens is 464 g/mol. The smallest absolute Gasteiger partial charge is 0.410 e. The first-order chi connectivity index (χ1) is 16.2. The lowest BCUT2D eigenvalue weighted by Crippen LogP contribution is -2.43. The van der Waals surface area contributed by atoms with E-state index in [-0.39, 0.29) is 60.4 Å². The van der Waals surface area contributed by atoms with Crippen LogP contribution >= 0.6 is 12.6 Å². The van der Waals surface area contributed by atoms with Crippen LogP contribution in [0.5, 0.6) is 0 Å². The molecule has 10 nitrogen and oxygen atoms in total. The Kier molecular flexibility index (Phi) is 9.87. The minimum Gasteiger partial charge on any atom is -0.465 e. The van der Waals surface area contributed by atoms with Gasteiger partial charge in [0.1, 0.15) is 19.3 Å². The molecule has 1 saturated heterocycles. The number of likely N-dealkylation sites (tertiary alicyclic amines) is 1. The van der Waals surface area contributed by atoms with Crippen molar-refractivity contribution in [1.82, 2.24) is 4.90 Å². The fourth-order valence-electron chi connectivity index (χ4n) is 3.48. The second-order valence-corrected chi connectivity index (χ2v) is 7.90. The van der Waals surface area contributed by atoms with E-state index < -0.39 is 30.0 Å². The minimum absolute atomic E-state index is 0.00673. The summed E-state index contributed by atoms with van der Waals surface area (Å²) in [7, 11) is 1.18. The standard InChI is InChI=1S/C23H26N2O8S/c1-4-6-32-22(29)16-10-15(21(28)31-3)11-17(12-16)24-20(27)18-8-14(9-19(26)34)13-25(18)23(30)33-7-5-2/h4-5,10-12,14,18H,1-2,6-9,13H2,3H3,(H,24,27)(H,26,34)/t14-,18-/m0/s1. The maximum atomic E-state index is 13.1. The fourth-order valence-corrected chi connectivity index (χ4v) is 3.74. The summed E-state index contributed by atoms with van der Waals surface area (Å²) in [4.78, 5) is 62.6. The third-order valence-corrected chi connectivity index (χ3v) is 5.09. The van der Waals surface area contributed by atoms with Crippen molar-refractivity contribution in [2.75, 3.05) is 32.2 Å². The molecule has 182 valence electrons. The molecule has 0 radical (unpaired) electrons. The Morgan fingerprint density at radius 2 is 1.68 bits per heavy atom. The van der Waals surface area contributed by atoms with Gasteiger partial charge in [0.15, 0.2) is 5.12 Å². The number of carbonyl (C=O) groups excluding carboxylic acids is 5. The average molecular weight is 491 g/mol. The van der Waals surface area contributed by atoms with E-state index in [4.69, 9.17) is 14.2 Å². The van der Waals surface area contributed by atoms with Gasteiger partial charge in [-0.3, -0.25) is 14.5 Å². The number of nitrogens with zero attached hydrogens (tertiary/aromatic N) is 1. The van der Waals surface area contributed by atoms with Gasteiger partial charge in [0, 0.05) is 18.7 Å². The summed E-state index contributed by atoms with van der Waals surface area (Å²) < 4.78 is 14.8. The number of hydrogen-bond donors (Lipinski definition) is 2. The Labute approximate surface area is 202 Å². The van der Waals surface area contributed by atoms with Crippen molar-refractivity contribution < 1.29 is 38.2 Å². The number of benzene rings is 1. The number of methoxy groups -OCH3 is 1. The summed E-state index contributed by atoms with van der Waals surface area (Å²) in [5.41, 5.74) is 0.136. The van der Waals surface area contributed by atoms with Crippen LogP contribution in [-0.2, 0) is 23.8 Å². The van der Waals surface area contributed by atoms with Crippen molar-refractivity contribution in [3.63, 3.8) is 0 Å². The lowest BCUT2D eigenvalue weighted by molar-refractivity contribution is -0.120. The van der Waals surface area contributed by atoms with Crippen LogP contribution in [0.1, 0.15) is 33.6 Å². The number of rotatable bonds is 10. The highest BCUT2D eigenvalue weighted by Crippen LogP contribution is 2.29. The number of esters is 2. The monoisotopic (exact) mass is 490 g/mol. The molecule has 0 aliphatic carbocycles. The molecular formula is C23H26N2O8S. The summed E-state index contributed by atoms with van der Waals surface area (Å²) in [5, 5.41) is 2.26. The van der Waals surface area contributed by atoms with Crippen molar-refractivity contribution in [3.8, 4) is 0 Å². The largest absolute Gasteiger partial charge is 0.465 e. The van der Waals surface area contributed by atoms with Gasteiger partial charge in [0.2, 0.25) is 5.91 Å². The molecule has 11 heteroatoms. The SMILES string of the molecule is C=CCOC(=O)c1cc(NC(=O)[C@@H]2C[C@@H](CC(=O)S)CN2C(=O)OCC=C)cc(C(=O)OC)c1. The Balaban J connectivity index is 2.30. The molecule has 2 rings (SSSR count). The summed E-state index contributed by atoms with van der Waals surface area (Å²) in [6, 6.07) is 2.99. The van der Waals surface area contributed by atoms with Gasteiger partial charge in [0.05, 0.1) is 18.2 Å². The molecule has 0 bridgehead atoms. The lowest BCUT2D eigenvalue weighted by Gasteiger charge is -2.23. The predicted octanol–water partition coefficient (Wildman–Crippen LogP) is 2.61. The molecule has 2 amide bonds. The average Bonchev–Trinajstić information content (AvgIpc) is 3.23. The highest BCUT2D eigenvalue weighted by Gasteiger charge is 2.41. The molecule has 0 spiro atoms. The number of nitrogens with one attached hydrogen (secondary N) is 1. The van der Waals surface area contributed by atoms with E-state index in [0.29, 0.717) is 0 Å². The first kappa shape index (κ1) is 26.7. The zero-order chi connectivity index (χ0) is 25.3. The Morgan fingerprint density at radius 1 is 1.06 bits per heavy atom. The first-order valence-electron chi connectivity index (χ1n) is 10.3. The highest BCUT2D eigenvalue weighted by atomic mass is 32.1. The minimum atomic E-state index is -0.951. The number of carbonyl (C=O) groups is 5. The second kappa shape index (κ2) is 12.6. The molecule has 1 aliphatic rings. The van der Waals surface area contributed by atoms with E-state index >= 15 is 0 Å². The highest BCUT2D eigenvalue weighted by molar-refractivity contribution is 7.96. The molecule has 1 aliphatic heterocycles. The van der Waals surface area contributed by atoms with Gasteiger partial charge in [0.25, 0.3) is 0 Å². The molecule has 0 saturated carbocycles. The van der Waals surface area contributed by atoms with E-state index in [2.05, 4.69) is 31.1 Å². The number of ether oxygens (including phenoxy) is 3. The maximum absolute atomic E-state index is 13.1. The Bertz CT molecular complexity index is 993. The first-order valence-corrected chi connectivity index (χ1v) is 10.7. The summed E-state index contributed by atoms with van der Waals surface area (Å²) in [5.74, 6) is -2.33. The van der Waals surface area contributed by atoms with Crippen molar-refractivity contribution in [2.24, 2.45) is 5.92 Å². The fraction of sp³-hybridized carbons (Fsp3) is 0.348. The van der Waals surface area contributed by atoms with Crippen LogP contribution in [0.4, 0.5) is 10.5 Å². The van der Waals surface area contributed by atoms with Gasteiger partial charge in [-0.05, 0) is 30.5 Å². The third-order valence-electron chi connectivity index (χ3n) is 4.90. The predicted molar refractivity (Wildman–Crippen MR) is 126 cm³/mol. The van der Waals surface area contributed by atoms with Crippen LogP contribution in [0.15, 0.2) is 43.5 Å². The van der Waals surface area contributed by atoms with Crippen LogP contribution in [0, 0.1) is 5.92 Å². The lowest BCUT2D eigenvalue weighted by atomic mass is 10.0. The zero-order valence-corrected chi connectivity index (χ0v) is 19.5. The van der Waals surface area contributed by atoms with Gasteiger partial charge in [-0.2, -0.15) is 0 Å². The molecule has 1 aromatic rings. The Morgan fingerprint density at radius 3 is 2.26 bits per heavy atom. The normalized spacial score (nSPS) is 16.8. The zero-order valence-electron chi connectivity index (χ0n) is 18.7. The van der Waals surface area contributed by atoms with Gasteiger partial charge >= 0.3 is 18.0 Å². The van der Waals surface area contributed by atoms with E-state index in [1.807, 2.05) is 0 Å². The van der Waals surface area contributed by atoms with Crippen LogP contribution in [-0.4, -0.2) is 66.9 Å². The van der Waals surface area contributed by atoms with Crippen LogP contribution < -0.4 is 5.32 Å². The van der Waals surface area contributed by atoms with E-state index in [1.54, 1.807) is 0 Å². The van der Waals surface area contributed by atoms with Crippen molar-refractivity contribution >= 4 is 47.4 Å². The summed E-state index contributed by atoms with van der Waals surface area (Å²) in [6.07, 6.45) is 2.33. The third kappa shape index (κ3) is 7.20. The maximum Gasteiger partial charge on any atom is 0.410 e. The molecule has 34 heavy (non-hydrogen) atoms. The van der Waals surface area contributed by atoms with Gasteiger partial charge in [-0.15, -0.1) is 12.6 Å². The van der Waals surface area contributed by atoms with Crippen LogP contribution in [0.2, 0.25) is 0 Å². The molecule has 0 unspecified atom stereocenters. The van der Waals surface area contributed by atoms with Crippen molar-refractivity contribution in [3.05, 3.63) is 54.6 Å². The molecule has 1 aromatic carbocycles. The number of anilines is 1. The topological polar surface area (TPSA) is 128 Å². The number of thiol groups is 1. The summed E-state index contributed by atoms with van der Waals surface area (Å²) in [6.45, 7) is 6.99. The Hall–Kier alpha value is -3.60. The van der Waals surface area contributed by atoms with E-state index in [0.717, 1.165) is 0 Å². The second-order valence-electron chi connectivity index (χ2n) is 7.40. The van der Waals surface area contributed by atoms with Gasteiger partial charge < -0.3 is 19.5 Å².